The van der Waals surface area contributed by atoms with Gasteiger partial charge in [0, 0.05) is 0 Å². The summed E-state index contributed by atoms with van der Waals surface area (Å²) in [5.41, 5.74) is 0. The molecular formula is C21H38O. The molecule has 2 unspecified atom stereocenters. The van der Waals surface area contributed by atoms with E-state index in [1.807, 2.05) is 0 Å². The minimum absolute atomic E-state index is 0.357. The molecule has 0 rings (SSSR count). The first-order valence-electron chi connectivity index (χ1n) is 9.51. The van der Waals surface area contributed by atoms with Crippen molar-refractivity contribution in [1.29, 1.82) is 0 Å². The standard InChI is InChI=1S/C21H38O/c1-4-6-8-13-16-20(3)17-14-11-9-10-12-15-19-21(22)18-7-5-2/h2,7,18,20-22H,4,6,8-17,19H2,1,3H3/b18-7-. The highest BCUT2D eigenvalue weighted by atomic mass is 16.3. The Kier molecular flexibility index (Phi) is 16.1. The lowest BCUT2D eigenvalue weighted by Gasteiger charge is -2.11. The normalized spacial score (nSPS) is 14.1. The van der Waals surface area contributed by atoms with Gasteiger partial charge in [0.1, 0.15) is 0 Å². The van der Waals surface area contributed by atoms with Crippen molar-refractivity contribution < 1.29 is 5.11 Å². The second kappa shape index (κ2) is 16.6. The Hall–Kier alpha value is -0.740. The molecule has 0 aliphatic carbocycles. The first kappa shape index (κ1) is 21.3. The van der Waals surface area contributed by atoms with Crippen molar-refractivity contribution in [2.75, 3.05) is 0 Å². The average molecular weight is 307 g/mol. The van der Waals surface area contributed by atoms with Crippen LogP contribution in [0.3, 0.4) is 0 Å². The van der Waals surface area contributed by atoms with Gasteiger partial charge in [0.15, 0.2) is 0 Å². The largest absolute Gasteiger partial charge is 0.389 e. The van der Waals surface area contributed by atoms with Crippen molar-refractivity contribution in [2.45, 2.75) is 103 Å². The Balaban J connectivity index is 3.26. The van der Waals surface area contributed by atoms with E-state index in [1.165, 1.54) is 70.6 Å². The monoisotopic (exact) mass is 306 g/mol. The summed E-state index contributed by atoms with van der Waals surface area (Å²) < 4.78 is 0. The number of unbranched alkanes of at least 4 members (excludes halogenated alkanes) is 8. The van der Waals surface area contributed by atoms with E-state index >= 15 is 0 Å². The lowest BCUT2D eigenvalue weighted by atomic mass is 9.96. The maximum Gasteiger partial charge on any atom is 0.0730 e. The van der Waals surface area contributed by atoms with Gasteiger partial charge in [0.25, 0.3) is 0 Å². The highest BCUT2D eigenvalue weighted by molar-refractivity contribution is 5.10. The van der Waals surface area contributed by atoms with E-state index in [9.17, 15) is 5.11 Å². The molecule has 1 N–H and O–H groups in total. The van der Waals surface area contributed by atoms with Gasteiger partial charge in [0.05, 0.1) is 6.10 Å². The van der Waals surface area contributed by atoms with Crippen LogP contribution >= 0.6 is 0 Å². The van der Waals surface area contributed by atoms with Gasteiger partial charge in [-0.25, -0.2) is 0 Å². The zero-order chi connectivity index (χ0) is 16.5. The van der Waals surface area contributed by atoms with E-state index in [1.54, 1.807) is 12.2 Å². The Morgan fingerprint density at radius 1 is 0.864 bits per heavy atom. The second-order valence-electron chi connectivity index (χ2n) is 6.75. The van der Waals surface area contributed by atoms with Gasteiger partial charge in [-0.3, -0.25) is 0 Å². The van der Waals surface area contributed by atoms with Gasteiger partial charge in [-0.2, -0.15) is 0 Å². The van der Waals surface area contributed by atoms with Crippen molar-refractivity contribution in [3.05, 3.63) is 12.2 Å². The van der Waals surface area contributed by atoms with Gasteiger partial charge >= 0.3 is 0 Å². The molecule has 0 radical (unpaired) electrons. The summed E-state index contributed by atoms with van der Waals surface area (Å²) in [6.07, 6.45) is 25.1. The molecule has 0 saturated heterocycles. The van der Waals surface area contributed by atoms with E-state index in [2.05, 4.69) is 19.8 Å². The first-order chi connectivity index (χ1) is 10.7. The summed E-state index contributed by atoms with van der Waals surface area (Å²) in [4.78, 5) is 0. The number of hydrogen-bond acceptors (Lipinski definition) is 1. The quantitative estimate of drug-likeness (QED) is 0.279. The molecule has 0 aliphatic rings. The van der Waals surface area contributed by atoms with Gasteiger partial charge in [-0.1, -0.05) is 96.8 Å². The molecule has 0 aromatic heterocycles. The van der Waals surface area contributed by atoms with Crippen molar-refractivity contribution in [3.8, 4) is 12.3 Å². The van der Waals surface area contributed by atoms with Gasteiger partial charge in [-0.15, -0.1) is 6.42 Å². The minimum atomic E-state index is -0.357. The third-order valence-electron chi connectivity index (χ3n) is 4.41. The van der Waals surface area contributed by atoms with Crippen LogP contribution < -0.4 is 0 Å². The van der Waals surface area contributed by atoms with Crippen LogP contribution in [0.1, 0.15) is 97.3 Å². The number of hydrogen-bond donors (Lipinski definition) is 1. The molecule has 0 saturated carbocycles. The Labute approximate surface area is 139 Å². The highest BCUT2D eigenvalue weighted by Gasteiger charge is 2.02. The zero-order valence-corrected chi connectivity index (χ0v) is 15.0. The number of terminal acetylenes is 1. The van der Waals surface area contributed by atoms with Crippen LogP contribution in [-0.2, 0) is 0 Å². The van der Waals surface area contributed by atoms with Crippen molar-refractivity contribution in [1.82, 2.24) is 0 Å². The zero-order valence-electron chi connectivity index (χ0n) is 15.0. The van der Waals surface area contributed by atoms with Crippen molar-refractivity contribution >= 4 is 0 Å². The molecule has 0 aromatic carbocycles. The summed E-state index contributed by atoms with van der Waals surface area (Å²) in [5, 5.41) is 9.60. The molecule has 1 nitrogen and oxygen atoms in total. The van der Waals surface area contributed by atoms with E-state index in [4.69, 9.17) is 6.42 Å². The maximum absolute atomic E-state index is 9.60. The van der Waals surface area contributed by atoms with E-state index in [0.29, 0.717) is 0 Å². The molecule has 1 heteroatoms. The molecule has 0 aromatic rings. The lowest BCUT2D eigenvalue weighted by Crippen LogP contribution is -2.01. The Morgan fingerprint density at radius 2 is 1.36 bits per heavy atom. The van der Waals surface area contributed by atoms with Crippen molar-refractivity contribution in [2.24, 2.45) is 5.92 Å². The van der Waals surface area contributed by atoms with Crippen LogP contribution in [0.15, 0.2) is 12.2 Å². The number of rotatable bonds is 15. The fourth-order valence-electron chi connectivity index (χ4n) is 2.88. The predicted octanol–water partition coefficient (Wildman–Crippen LogP) is 6.26. The fraction of sp³-hybridized carbons (Fsp3) is 0.810. The summed E-state index contributed by atoms with van der Waals surface area (Å²) in [7, 11) is 0. The molecule has 128 valence electrons. The Bertz CT molecular complexity index is 287. The van der Waals surface area contributed by atoms with Gasteiger partial charge < -0.3 is 5.11 Å². The van der Waals surface area contributed by atoms with E-state index < -0.39 is 0 Å². The third kappa shape index (κ3) is 15.6. The van der Waals surface area contributed by atoms with Gasteiger partial charge in [0.2, 0.25) is 0 Å². The van der Waals surface area contributed by atoms with Crippen LogP contribution in [0.4, 0.5) is 0 Å². The van der Waals surface area contributed by atoms with E-state index in [0.717, 1.165) is 18.8 Å². The molecule has 0 aliphatic heterocycles. The molecule has 0 bridgehead atoms. The molecule has 0 fully saturated rings. The summed E-state index contributed by atoms with van der Waals surface area (Å²) in [6.45, 7) is 4.69. The third-order valence-corrected chi connectivity index (χ3v) is 4.41. The lowest BCUT2D eigenvalue weighted by molar-refractivity contribution is 0.208. The van der Waals surface area contributed by atoms with Gasteiger partial charge in [-0.05, 0) is 24.5 Å². The predicted molar refractivity (Wildman–Crippen MR) is 98.8 cm³/mol. The second-order valence-corrected chi connectivity index (χ2v) is 6.75. The number of allylic oxidation sites excluding steroid dienone is 1. The summed E-state index contributed by atoms with van der Waals surface area (Å²) >= 11 is 0. The smallest absolute Gasteiger partial charge is 0.0730 e. The first-order valence-corrected chi connectivity index (χ1v) is 9.51. The SMILES string of the molecule is C#C/C=C\C(O)CCCCCCCCC(C)CCCCCC. The topological polar surface area (TPSA) is 20.2 Å². The fourth-order valence-corrected chi connectivity index (χ4v) is 2.88. The molecule has 0 spiro atoms. The molecule has 0 amide bonds. The molecule has 2 atom stereocenters. The Morgan fingerprint density at radius 3 is 1.91 bits per heavy atom. The summed E-state index contributed by atoms with van der Waals surface area (Å²) in [6, 6.07) is 0. The number of aliphatic hydroxyl groups is 1. The van der Waals surface area contributed by atoms with Crippen LogP contribution in [0.5, 0.6) is 0 Å². The molecule has 0 heterocycles. The van der Waals surface area contributed by atoms with Crippen LogP contribution in [0.25, 0.3) is 0 Å². The average Bonchev–Trinajstić information content (AvgIpc) is 2.52. The highest BCUT2D eigenvalue weighted by Crippen LogP contribution is 2.18. The van der Waals surface area contributed by atoms with Crippen LogP contribution in [-0.4, -0.2) is 11.2 Å². The molecular weight excluding hydrogens is 268 g/mol. The maximum atomic E-state index is 9.60. The minimum Gasteiger partial charge on any atom is -0.389 e. The number of aliphatic hydroxyl groups excluding tert-OH is 1. The molecule has 22 heavy (non-hydrogen) atoms. The van der Waals surface area contributed by atoms with Crippen LogP contribution in [0, 0.1) is 18.3 Å². The van der Waals surface area contributed by atoms with Crippen LogP contribution in [0.2, 0.25) is 0 Å². The summed E-state index contributed by atoms with van der Waals surface area (Å²) in [5.74, 6) is 3.32. The van der Waals surface area contributed by atoms with E-state index in [-0.39, 0.29) is 6.10 Å². The van der Waals surface area contributed by atoms with Crippen molar-refractivity contribution in [3.63, 3.8) is 0 Å².